The van der Waals surface area contributed by atoms with Gasteiger partial charge in [0.15, 0.2) is 0 Å². The number of rotatable bonds is 5. The van der Waals surface area contributed by atoms with Crippen LogP contribution in [0.3, 0.4) is 0 Å². The molecule has 0 saturated carbocycles. The van der Waals surface area contributed by atoms with Crippen molar-refractivity contribution in [2.24, 2.45) is 0 Å². The molecule has 0 spiro atoms. The number of fused-ring (bicyclic) bond motifs is 1. The van der Waals surface area contributed by atoms with E-state index in [4.69, 9.17) is 4.98 Å². The second kappa shape index (κ2) is 7.79. The predicted molar refractivity (Wildman–Crippen MR) is 118 cm³/mol. The van der Waals surface area contributed by atoms with Crippen molar-refractivity contribution in [2.45, 2.75) is 26.2 Å². The van der Waals surface area contributed by atoms with E-state index in [9.17, 15) is 4.79 Å². The van der Waals surface area contributed by atoms with Crippen LogP contribution >= 0.6 is 0 Å². The molecule has 8 nitrogen and oxygen atoms in total. The highest BCUT2D eigenvalue weighted by atomic mass is 16.2. The molecule has 0 aliphatic carbocycles. The van der Waals surface area contributed by atoms with E-state index in [1.165, 1.54) is 5.56 Å². The molecule has 1 saturated heterocycles. The Morgan fingerprint density at radius 2 is 2.03 bits per heavy atom. The van der Waals surface area contributed by atoms with Crippen LogP contribution in [0.4, 0.5) is 10.5 Å². The summed E-state index contributed by atoms with van der Waals surface area (Å²) in [7, 11) is 0. The Morgan fingerprint density at radius 1 is 1.13 bits per heavy atom. The molecule has 0 radical (unpaired) electrons. The van der Waals surface area contributed by atoms with Crippen molar-refractivity contribution in [3.05, 3.63) is 72.2 Å². The summed E-state index contributed by atoms with van der Waals surface area (Å²) in [6, 6.07) is 9.82. The Hall–Kier alpha value is -3.81. The number of pyridine rings is 2. The van der Waals surface area contributed by atoms with E-state index in [1.807, 2.05) is 41.2 Å². The van der Waals surface area contributed by atoms with E-state index in [-0.39, 0.29) is 6.03 Å². The molecule has 8 heteroatoms. The van der Waals surface area contributed by atoms with Crippen molar-refractivity contribution in [2.75, 3.05) is 18.0 Å². The summed E-state index contributed by atoms with van der Waals surface area (Å²) in [6.45, 7) is 5.65. The molecule has 1 fully saturated rings. The maximum atomic E-state index is 11.8. The quantitative estimate of drug-likeness (QED) is 0.542. The number of nitrogens with one attached hydrogen (secondary N) is 1. The normalized spacial score (nSPS) is 13.9. The molecule has 4 aromatic rings. The third-order valence-corrected chi connectivity index (χ3v) is 5.49. The highest BCUT2D eigenvalue weighted by Gasteiger charge is 2.21. The van der Waals surface area contributed by atoms with Crippen molar-refractivity contribution >= 4 is 17.2 Å². The molecule has 1 aliphatic heterocycles. The van der Waals surface area contributed by atoms with Crippen LogP contribution in [-0.4, -0.2) is 43.7 Å². The lowest BCUT2D eigenvalue weighted by atomic mass is 10.0. The van der Waals surface area contributed by atoms with Gasteiger partial charge in [0.1, 0.15) is 5.82 Å². The van der Waals surface area contributed by atoms with Gasteiger partial charge in [0.05, 0.1) is 35.7 Å². The first-order chi connectivity index (χ1) is 15.1. The van der Waals surface area contributed by atoms with Crippen LogP contribution in [0.5, 0.6) is 0 Å². The van der Waals surface area contributed by atoms with Crippen LogP contribution in [0.25, 0.3) is 16.8 Å². The zero-order chi connectivity index (χ0) is 21.4. The van der Waals surface area contributed by atoms with Gasteiger partial charge in [-0.25, -0.2) is 19.3 Å². The van der Waals surface area contributed by atoms with Crippen molar-refractivity contribution < 1.29 is 4.79 Å². The van der Waals surface area contributed by atoms with E-state index < -0.39 is 0 Å². The van der Waals surface area contributed by atoms with Crippen molar-refractivity contribution in [3.63, 3.8) is 0 Å². The Labute approximate surface area is 180 Å². The average Bonchev–Trinajstić information content (AvgIpc) is 3.40. The summed E-state index contributed by atoms with van der Waals surface area (Å²) in [5.41, 5.74) is 5.86. The summed E-state index contributed by atoms with van der Waals surface area (Å²) in [5.74, 6) is 1.10. The van der Waals surface area contributed by atoms with Crippen LogP contribution in [0, 0.1) is 0 Å². The zero-order valence-corrected chi connectivity index (χ0v) is 17.5. The van der Waals surface area contributed by atoms with Gasteiger partial charge in [-0.15, -0.1) is 0 Å². The van der Waals surface area contributed by atoms with Gasteiger partial charge in [-0.3, -0.25) is 9.88 Å². The standard InChI is InChI=1S/C23H23N7O/c1-15(2)19-14-27-30-9-6-16(11-21(19)30)20-5-7-24-22(28-20)12-17-3-4-18(13-26-17)29-10-8-25-23(29)31/h3-7,9,11,13-15H,8,10,12H2,1-2H3,(H,25,31). The molecule has 4 aromatic heterocycles. The largest absolute Gasteiger partial charge is 0.336 e. The number of carbonyl (C=O) groups excluding carboxylic acids is 1. The minimum atomic E-state index is -0.0821. The molecule has 156 valence electrons. The summed E-state index contributed by atoms with van der Waals surface area (Å²) >= 11 is 0. The Balaban J connectivity index is 1.39. The molecule has 31 heavy (non-hydrogen) atoms. The van der Waals surface area contributed by atoms with E-state index in [2.05, 4.69) is 40.3 Å². The molecule has 0 aromatic carbocycles. The number of amides is 2. The first kappa shape index (κ1) is 19.2. The average molecular weight is 413 g/mol. The van der Waals surface area contributed by atoms with E-state index in [0.29, 0.717) is 31.3 Å². The topological polar surface area (TPSA) is 88.3 Å². The van der Waals surface area contributed by atoms with E-state index in [1.54, 1.807) is 17.3 Å². The Kier molecular flexibility index (Phi) is 4.82. The highest BCUT2D eigenvalue weighted by Crippen LogP contribution is 2.25. The van der Waals surface area contributed by atoms with Crippen LogP contribution in [0.2, 0.25) is 0 Å². The zero-order valence-electron chi connectivity index (χ0n) is 17.5. The van der Waals surface area contributed by atoms with Gasteiger partial charge in [0, 0.05) is 42.3 Å². The fourth-order valence-corrected chi connectivity index (χ4v) is 3.81. The van der Waals surface area contributed by atoms with Crippen molar-refractivity contribution in [3.8, 4) is 11.3 Å². The predicted octanol–water partition coefficient (Wildman–Crippen LogP) is 3.43. The number of anilines is 1. The number of urea groups is 1. The number of hydrogen-bond donors (Lipinski definition) is 1. The van der Waals surface area contributed by atoms with Gasteiger partial charge < -0.3 is 5.32 Å². The van der Waals surface area contributed by atoms with Crippen molar-refractivity contribution in [1.29, 1.82) is 0 Å². The lowest BCUT2D eigenvalue weighted by Crippen LogP contribution is -2.27. The maximum absolute atomic E-state index is 11.8. The first-order valence-corrected chi connectivity index (χ1v) is 10.4. The second-order valence-electron chi connectivity index (χ2n) is 7.93. The second-order valence-corrected chi connectivity index (χ2v) is 7.93. The van der Waals surface area contributed by atoms with Crippen LogP contribution in [0.1, 0.15) is 36.8 Å². The molecule has 5 heterocycles. The molecule has 1 aliphatic rings. The summed E-state index contributed by atoms with van der Waals surface area (Å²) in [5, 5.41) is 7.23. The summed E-state index contributed by atoms with van der Waals surface area (Å²) in [4.78, 5) is 27.2. The maximum Gasteiger partial charge on any atom is 0.322 e. The highest BCUT2D eigenvalue weighted by molar-refractivity contribution is 5.93. The van der Waals surface area contributed by atoms with Crippen LogP contribution < -0.4 is 10.2 Å². The molecule has 2 amide bonds. The smallest absolute Gasteiger partial charge is 0.322 e. The monoisotopic (exact) mass is 413 g/mol. The van der Waals surface area contributed by atoms with Gasteiger partial charge in [-0.2, -0.15) is 5.10 Å². The van der Waals surface area contributed by atoms with Crippen LogP contribution in [0.15, 0.2) is 55.1 Å². The SMILES string of the molecule is CC(C)c1cnn2ccc(-c3ccnc(Cc4ccc(N5CCNC5=O)cn4)n3)cc12. The molecule has 1 N–H and O–H groups in total. The lowest BCUT2D eigenvalue weighted by Gasteiger charge is -2.13. The molecule has 0 unspecified atom stereocenters. The number of nitrogens with zero attached hydrogens (tertiary/aromatic N) is 6. The van der Waals surface area contributed by atoms with E-state index >= 15 is 0 Å². The minimum absolute atomic E-state index is 0.0821. The fourth-order valence-electron chi connectivity index (χ4n) is 3.81. The number of aromatic nitrogens is 5. The number of carbonyl (C=O) groups is 1. The lowest BCUT2D eigenvalue weighted by molar-refractivity contribution is 0.252. The third kappa shape index (κ3) is 3.72. The van der Waals surface area contributed by atoms with Gasteiger partial charge in [-0.1, -0.05) is 13.8 Å². The van der Waals surface area contributed by atoms with E-state index in [0.717, 1.165) is 28.2 Å². The van der Waals surface area contributed by atoms with Gasteiger partial charge >= 0.3 is 6.03 Å². The third-order valence-electron chi connectivity index (χ3n) is 5.49. The first-order valence-electron chi connectivity index (χ1n) is 10.4. The Bertz CT molecular complexity index is 1250. The molecule has 0 bridgehead atoms. The Morgan fingerprint density at radius 3 is 2.77 bits per heavy atom. The van der Waals surface area contributed by atoms with Gasteiger partial charge in [0.2, 0.25) is 0 Å². The molecule has 0 atom stereocenters. The summed E-state index contributed by atoms with van der Waals surface area (Å²) < 4.78 is 1.90. The van der Waals surface area contributed by atoms with Crippen LogP contribution in [-0.2, 0) is 6.42 Å². The van der Waals surface area contributed by atoms with Gasteiger partial charge in [0.25, 0.3) is 0 Å². The minimum Gasteiger partial charge on any atom is -0.336 e. The van der Waals surface area contributed by atoms with Gasteiger partial charge in [-0.05, 0) is 36.2 Å². The fraction of sp³-hybridized carbons (Fsp3) is 0.261. The molecular formula is C23H23N7O. The molecule has 5 rings (SSSR count). The number of hydrogen-bond acceptors (Lipinski definition) is 5. The summed E-state index contributed by atoms with van der Waals surface area (Å²) in [6.07, 6.45) is 7.92. The van der Waals surface area contributed by atoms with Crippen molar-refractivity contribution in [1.82, 2.24) is 29.9 Å². The molecular weight excluding hydrogens is 390 g/mol.